The van der Waals surface area contributed by atoms with Gasteiger partial charge >= 0.3 is 0 Å². The first-order valence-electron chi connectivity index (χ1n) is 9.53. The van der Waals surface area contributed by atoms with Gasteiger partial charge in [-0.3, -0.25) is 4.79 Å². The van der Waals surface area contributed by atoms with Crippen LogP contribution in [-0.4, -0.2) is 37.8 Å². The van der Waals surface area contributed by atoms with Gasteiger partial charge in [0, 0.05) is 24.2 Å². The molecule has 5 nitrogen and oxygen atoms in total. The van der Waals surface area contributed by atoms with Crippen LogP contribution in [0.5, 0.6) is 0 Å². The molecule has 1 saturated heterocycles. The minimum atomic E-state index is -3.59. The van der Waals surface area contributed by atoms with Crippen molar-refractivity contribution in [3.63, 3.8) is 0 Å². The molecule has 1 heterocycles. The van der Waals surface area contributed by atoms with Crippen LogP contribution in [0.4, 0.5) is 0 Å². The van der Waals surface area contributed by atoms with E-state index in [1.54, 1.807) is 12.1 Å². The van der Waals surface area contributed by atoms with Crippen LogP contribution in [0.25, 0.3) is 0 Å². The lowest BCUT2D eigenvalue weighted by molar-refractivity contribution is -0.126. The first kappa shape index (κ1) is 19.6. The molecule has 1 aromatic rings. The Hall–Kier alpha value is -1.11. The van der Waals surface area contributed by atoms with Gasteiger partial charge < -0.3 is 5.32 Å². The van der Waals surface area contributed by atoms with Gasteiger partial charge in [0.2, 0.25) is 15.9 Å². The van der Waals surface area contributed by atoms with E-state index < -0.39 is 10.0 Å². The van der Waals surface area contributed by atoms with Gasteiger partial charge in [-0.05, 0) is 49.9 Å². The number of sulfonamides is 1. The van der Waals surface area contributed by atoms with Gasteiger partial charge in [-0.15, -0.1) is 0 Å². The molecule has 1 aliphatic heterocycles. The SMILES string of the molecule is O=C(NC1CCCCCC1)[C@H]1CCCN(S(=O)(=O)c2ccc(Cl)cc2)C1. The van der Waals surface area contributed by atoms with Gasteiger partial charge in [-0.25, -0.2) is 8.42 Å². The van der Waals surface area contributed by atoms with E-state index in [2.05, 4.69) is 5.32 Å². The first-order valence-corrected chi connectivity index (χ1v) is 11.3. The molecule has 0 spiro atoms. The van der Waals surface area contributed by atoms with Crippen LogP contribution in [0.2, 0.25) is 5.02 Å². The first-order chi connectivity index (χ1) is 12.5. The summed E-state index contributed by atoms with van der Waals surface area (Å²) in [5, 5.41) is 3.67. The lowest BCUT2D eigenvalue weighted by Crippen LogP contribution is -2.47. The number of amides is 1. The molecule has 3 rings (SSSR count). The van der Waals surface area contributed by atoms with Crippen molar-refractivity contribution in [2.24, 2.45) is 5.92 Å². The molecule has 2 fully saturated rings. The Kier molecular flexibility index (Phi) is 6.59. The van der Waals surface area contributed by atoms with Crippen LogP contribution in [0, 0.1) is 5.92 Å². The Labute approximate surface area is 161 Å². The zero-order valence-electron chi connectivity index (χ0n) is 15.0. The van der Waals surface area contributed by atoms with Crippen molar-refractivity contribution in [3.8, 4) is 0 Å². The van der Waals surface area contributed by atoms with Crippen molar-refractivity contribution < 1.29 is 13.2 Å². The zero-order valence-corrected chi connectivity index (χ0v) is 16.6. The Balaban J connectivity index is 1.64. The molecule has 1 amide bonds. The van der Waals surface area contributed by atoms with E-state index >= 15 is 0 Å². The van der Waals surface area contributed by atoms with Crippen LogP contribution in [0.3, 0.4) is 0 Å². The molecule has 0 bridgehead atoms. The maximum absolute atomic E-state index is 12.9. The summed E-state index contributed by atoms with van der Waals surface area (Å²) in [6.07, 6.45) is 8.31. The predicted molar refractivity (Wildman–Crippen MR) is 103 cm³/mol. The van der Waals surface area contributed by atoms with Crippen molar-refractivity contribution in [1.82, 2.24) is 9.62 Å². The zero-order chi connectivity index (χ0) is 18.6. The second kappa shape index (κ2) is 8.72. The summed E-state index contributed by atoms with van der Waals surface area (Å²) in [5.41, 5.74) is 0. The normalized spacial score (nSPS) is 23.3. The second-order valence-electron chi connectivity index (χ2n) is 7.35. The molecule has 7 heteroatoms. The van der Waals surface area contributed by atoms with Crippen molar-refractivity contribution in [2.45, 2.75) is 62.3 Å². The van der Waals surface area contributed by atoms with Gasteiger partial charge in [0.15, 0.2) is 0 Å². The highest BCUT2D eigenvalue weighted by Crippen LogP contribution is 2.25. The Morgan fingerprint density at radius 3 is 2.31 bits per heavy atom. The smallest absolute Gasteiger partial charge is 0.243 e. The molecule has 1 aromatic carbocycles. The molecule has 26 heavy (non-hydrogen) atoms. The molecule has 2 aliphatic rings. The lowest BCUT2D eigenvalue weighted by Gasteiger charge is -2.32. The molecular formula is C19H27ClN2O3S. The predicted octanol–water partition coefficient (Wildman–Crippen LogP) is 3.58. The van der Waals surface area contributed by atoms with Crippen molar-refractivity contribution in [3.05, 3.63) is 29.3 Å². The molecule has 144 valence electrons. The van der Waals surface area contributed by atoms with E-state index in [0.29, 0.717) is 18.0 Å². The third kappa shape index (κ3) is 4.78. The summed E-state index contributed by atoms with van der Waals surface area (Å²) < 4.78 is 27.1. The Morgan fingerprint density at radius 2 is 1.65 bits per heavy atom. The Morgan fingerprint density at radius 1 is 1.00 bits per heavy atom. The number of carbonyl (C=O) groups is 1. The number of piperidine rings is 1. The van der Waals surface area contributed by atoms with E-state index in [0.717, 1.165) is 32.1 Å². The molecule has 1 N–H and O–H groups in total. The minimum Gasteiger partial charge on any atom is -0.353 e. The molecular weight excluding hydrogens is 372 g/mol. The monoisotopic (exact) mass is 398 g/mol. The summed E-state index contributed by atoms with van der Waals surface area (Å²) in [7, 11) is -3.59. The number of halogens is 1. The number of nitrogens with zero attached hydrogens (tertiary/aromatic N) is 1. The highest BCUT2D eigenvalue weighted by Gasteiger charge is 2.33. The van der Waals surface area contributed by atoms with Crippen LogP contribution in [-0.2, 0) is 14.8 Å². The largest absolute Gasteiger partial charge is 0.353 e. The average molecular weight is 399 g/mol. The average Bonchev–Trinajstić information content (AvgIpc) is 2.91. The fraction of sp³-hybridized carbons (Fsp3) is 0.632. The second-order valence-corrected chi connectivity index (χ2v) is 9.73. The number of rotatable bonds is 4. The minimum absolute atomic E-state index is 0.00732. The van der Waals surface area contributed by atoms with Gasteiger partial charge in [-0.1, -0.05) is 37.3 Å². The topological polar surface area (TPSA) is 66.5 Å². The van der Waals surface area contributed by atoms with E-state index in [1.807, 2.05) is 0 Å². The molecule has 0 radical (unpaired) electrons. The summed E-state index contributed by atoms with van der Waals surface area (Å²) in [6.45, 7) is 0.710. The Bertz CT molecular complexity index is 713. The summed E-state index contributed by atoms with van der Waals surface area (Å²) in [6, 6.07) is 6.44. The summed E-state index contributed by atoms with van der Waals surface area (Å²) in [4.78, 5) is 12.9. The van der Waals surface area contributed by atoms with Crippen LogP contribution in [0.1, 0.15) is 51.4 Å². The molecule has 1 aliphatic carbocycles. The van der Waals surface area contributed by atoms with Gasteiger partial charge in [0.1, 0.15) is 0 Å². The van der Waals surface area contributed by atoms with E-state index in [4.69, 9.17) is 11.6 Å². The molecule has 1 atom stereocenters. The maximum atomic E-state index is 12.9. The van der Waals surface area contributed by atoms with Crippen molar-refractivity contribution in [2.75, 3.05) is 13.1 Å². The molecule has 0 aromatic heterocycles. The van der Waals surface area contributed by atoms with E-state index in [1.165, 1.54) is 29.3 Å². The van der Waals surface area contributed by atoms with Crippen molar-refractivity contribution in [1.29, 1.82) is 0 Å². The van der Waals surface area contributed by atoms with Crippen LogP contribution < -0.4 is 5.32 Å². The maximum Gasteiger partial charge on any atom is 0.243 e. The molecule has 0 unspecified atom stereocenters. The van der Waals surface area contributed by atoms with Crippen LogP contribution in [0.15, 0.2) is 29.2 Å². The number of benzene rings is 1. The van der Waals surface area contributed by atoms with E-state index in [-0.39, 0.29) is 29.3 Å². The molecule has 1 saturated carbocycles. The third-order valence-corrected chi connectivity index (χ3v) is 7.54. The summed E-state index contributed by atoms with van der Waals surface area (Å²) in [5.74, 6) is -0.262. The number of carbonyl (C=O) groups excluding carboxylic acids is 1. The van der Waals surface area contributed by atoms with Gasteiger partial charge in [-0.2, -0.15) is 4.31 Å². The lowest BCUT2D eigenvalue weighted by atomic mass is 9.97. The quantitative estimate of drug-likeness (QED) is 0.788. The number of nitrogens with one attached hydrogen (secondary N) is 1. The van der Waals surface area contributed by atoms with Crippen molar-refractivity contribution >= 4 is 27.5 Å². The highest BCUT2D eigenvalue weighted by molar-refractivity contribution is 7.89. The van der Waals surface area contributed by atoms with E-state index in [9.17, 15) is 13.2 Å². The summed E-state index contributed by atoms with van der Waals surface area (Å²) >= 11 is 5.86. The third-order valence-electron chi connectivity index (χ3n) is 5.41. The van der Waals surface area contributed by atoms with Crippen LogP contribution >= 0.6 is 11.6 Å². The highest BCUT2D eigenvalue weighted by atomic mass is 35.5. The number of hydrogen-bond acceptors (Lipinski definition) is 3. The van der Waals surface area contributed by atoms with Gasteiger partial charge in [0.05, 0.1) is 10.8 Å². The fourth-order valence-electron chi connectivity index (χ4n) is 3.87. The standard InChI is InChI=1S/C19H27ClN2O3S/c20-16-9-11-18(12-10-16)26(24,25)22-13-5-6-15(14-22)19(23)21-17-7-3-1-2-4-8-17/h9-12,15,17H,1-8,13-14H2,(H,21,23)/t15-/m0/s1. The fourth-order valence-corrected chi connectivity index (χ4v) is 5.52. The number of hydrogen-bond donors (Lipinski definition) is 1. The van der Waals surface area contributed by atoms with Gasteiger partial charge in [0.25, 0.3) is 0 Å².